The average molecular weight is 333 g/mol. The van der Waals surface area contributed by atoms with Crippen LogP contribution in [-0.2, 0) is 0 Å². The Morgan fingerprint density at radius 2 is 2.28 bits per heavy atom. The molecule has 0 aromatic heterocycles. The van der Waals surface area contributed by atoms with E-state index in [-0.39, 0.29) is 17.9 Å². The largest absolute Gasteiger partial charge is 0.393 e. The summed E-state index contributed by atoms with van der Waals surface area (Å²) in [7, 11) is 0. The van der Waals surface area contributed by atoms with Crippen LogP contribution in [0.4, 0.5) is 0 Å². The first-order valence-electron chi connectivity index (χ1n) is 6.00. The molecule has 1 amide bonds. The highest BCUT2D eigenvalue weighted by Crippen LogP contribution is 2.27. The van der Waals surface area contributed by atoms with Crippen LogP contribution in [0, 0.1) is 5.92 Å². The van der Waals surface area contributed by atoms with E-state index >= 15 is 0 Å². The Kier molecular flexibility index (Phi) is 4.65. The molecular formula is C13H15BrClNO2. The average Bonchev–Trinajstić information content (AvgIpc) is 2.75. The normalized spacial score (nSPS) is 23.1. The van der Waals surface area contributed by atoms with Crippen LogP contribution in [0.15, 0.2) is 22.7 Å². The van der Waals surface area contributed by atoms with E-state index < -0.39 is 0 Å². The summed E-state index contributed by atoms with van der Waals surface area (Å²) in [5, 5.41) is 12.9. The predicted octanol–water partition coefficient (Wildman–Crippen LogP) is 2.99. The standard InChI is InChI=1S/C13H15BrClNO2/c14-10-5-2-4-9(12(10)15)13(18)16-7-8-3-1-6-11(8)17/h2,4-5,8,11,17H,1,3,6-7H2,(H,16,18)/t8-,11+/m0/s1. The molecule has 0 saturated heterocycles. The van der Waals surface area contributed by atoms with Gasteiger partial charge in [-0.1, -0.05) is 24.1 Å². The molecule has 1 aliphatic carbocycles. The number of aliphatic hydroxyl groups excluding tert-OH is 1. The second kappa shape index (κ2) is 6.04. The Labute approximate surface area is 120 Å². The van der Waals surface area contributed by atoms with Crippen molar-refractivity contribution in [3.8, 4) is 0 Å². The molecule has 2 atom stereocenters. The van der Waals surface area contributed by atoms with Crippen molar-refractivity contribution in [1.82, 2.24) is 5.32 Å². The van der Waals surface area contributed by atoms with Crippen LogP contribution in [0.5, 0.6) is 0 Å². The lowest BCUT2D eigenvalue weighted by Gasteiger charge is -2.15. The van der Waals surface area contributed by atoms with Gasteiger partial charge in [-0.2, -0.15) is 0 Å². The van der Waals surface area contributed by atoms with E-state index in [2.05, 4.69) is 21.2 Å². The van der Waals surface area contributed by atoms with E-state index in [9.17, 15) is 9.90 Å². The first-order chi connectivity index (χ1) is 8.59. The van der Waals surface area contributed by atoms with Crippen molar-refractivity contribution in [1.29, 1.82) is 0 Å². The first kappa shape index (κ1) is 13.8. The maximum atomic E-state index is 12.0. The highest BCUT2D eigenvalue weighted by atomic mass is 79.9. The van der Waals surface area contributed by atoms with Crippen LogP contribution >= 0.6 is 27.5 Å². The van der Waals surface area contributed by atoms with E-state index in [0.29, 0.717) is 21.6 Å². The Balaban J connectivity index is 1.97. The fourth-order valence-corrected chi connectivity index (χ4v) is 2.83. The molecule has 3 nitrogen and oxygen atoms in total. The number of benzene rings is 1. The number of hydrogen-bond donors (Lipinski definition) is 2. The summed E-state index contributed by atoms with van der Waals surface area (Å²) in [4.78, 5) is 12.0. The van der Waals surface area contributed by atoms with Gasteiger partial charge in [0, 0.05) is 16.9 Å². The summed E-state index contributed by atoms with van der Waals surface area (Å²) in [5.74, 6) is -0.0275. The molecule has 2 N–H and O–H groups in total. The van der Waals surface area contributed by atoms with Crippen LogP contribution in [0.1, 0.15) is 29.6 Å². The molecule has 2 rings (SSSR count). The van der Waals surface area contributed by atoms with E-state index in [1.54, 1.807) is 18.2 Å². The van der Waals surface area contributed by atoms with Crippen LogP contribution in [0.25, 0.3) is 0 Å². The minimum Gasteiger partial charge on any atom is -0.393 e. The van der Waals surface area contributed by atoms with E-state index in [1.165, 1.54) is 0 Å². The molecule has 1 aromatic rings. The molecule has 98 valence electrons. The lowest BCUT2D eigenvalue weighted by Crippen LogP contribution is -2.32. The van der Waals surface area contributed by atoms with Gasteiger partial charge >= 0.3 is 0 Å². The Hall–Kier alpha value is -0.580. The second-order valence-corrected chi connectivity index (χ2v) is 5.80. The van der Waals surface area contributed by atoms with Gasteiger partial charge < -0.3 is 10.4 Å². The SMILES string of the molecule is O=C(NC[C@@H]1CCC[C@H]1O)c1cccc(Br)c1Cl. The number of carbonyl (C=O) groups is 1. The number of hydrogen-bond acceptors (Lipinski definition) is 2. The highest BCUT2D eigenvalue weighted by Gasteiger charge is 2.25. The second-order valence-electron chi connectivity index (χ2n) is 4.57. The maximum Gasteiger partial charge on any atom is 0.252 e. The van der Waals surface area contributed by atoms with Gasteiger partial charge in [0.05, 0.1) is 16.7 Å². The number of carbonyl (C=O) groups excluding carboxylic acids is 1. The third kappa shape index (κ3) is 3.05. The van der Waals surface area contributed by atoms with Gasteiger partial charge in [0.15, 0.2) is 0 Å². The number of halogens is 2. The molecule has 0 bridgehead atoms. The first-order valence-corrected chi connectivity index (χ1v) is 7.17. The summed E-state index contributed by atoms with van der Waals surface area (Å²) in [6.07, 6.45) is 2.54. The van der Waals surface area contributed by atoms with Gasteiger partial charge in [-0.25, -0.2) is 0 Å². The Bertz CT molecular complexity index is 453. The lowest BCUT2D eigenvalue weighted by atomic mass is 10.1. The van der Waals surface area contributed by atoms with Crippen molar-refractivity contribution in [2.75, 3.05) is 6.54 Å². The van der Waals surface area contributed by atoms with Crippen molar-refractivity contribution in [3.05, 3.63) is 33.3 Å². The molecule has 0 unspecified atom stereocenters. The Morgan fingerprint density at radius 1 is 1.50 bits per heavy atom. The lowest BCUT2D eigenvalue weighted by molar-refractivity contribution is 0.0917. The minimum absolute atomic E-state index is 0.167. The molecule has 0 aliphatic heterocycles. The van der Waals surface area contributed by atoms with Crippen molar-refractivity contribution in [2.24, 2.45) is 5.92 Å². The number of amides is 1. The number of nitrogens with one attached hydrogen (secondary N) is 1. The van der Waals surface area contributed by atoms with Gasteiger partial charge in [-0.15, -0.1) is 0 Å². The van der Waals surface area contributed by atoms with Gasteiger partial charge in [-0.3, -0.25) is 4.79 Å². The monoisotopic (exact) mass is 331 g/mol. The zero-order valence-corrected chi connectivity index (χ0v) is 12.2. The van der Waals surface area contributed by atoms with Gasteiger partial charge in [0.1, 0.15) is 0 Å². The van der Waals surface area contributed by atoms with Gasteiger partial charge in [-0.05, 0) is 40.9 Å². The number of aliphatic hydroxyl groups is 1. The summed E-state index contributed by atoms with van der Waals surface area (Å²) < 4.78 is 0.706. The summed E-state index contributed by atoms with van der Waals surface area (Å²) in [6.45, 7) is 0.503. The van der Waals surface area contributed by atoms with Crippen molar-refractivity contribution >= 4 is 33.4 Å². The van der Waals surface area contributed by atoms with Crippen LogP contribution in [-0.4, -0.2) is 23.7 Å². The quantitative estimate of drug-likeness (QED) is 0.894. The molecule has 1 aliphatic rings. The molecule has 0 heterocycles. The predicted molar refractivity (Wildman–Crippen MR) is 74.8 cm³/mol. The topological polar surface area (TPSA) is 49.3 Å². The third-order valence-corrected chi connectivity index (χ3v) is 4.64. The van der Waals surface area contributed by atoms with Crippen molar-refractivity contribution < 1.29 is 9.90 Å². The number of rotatable bonds is 3. The third-order valence-electron chi connectivity index (χ3n) is 3.34. The molecule has 0 spiro atoms. The molecule has 1 aromatic carbocycles. The van der Waals surface area contributed by atoms with Crippen molar-refractivity contribution in [3.63, 3.8) is 0 Å². The minimum atomic E-state index is -0.289. The Morgan fingerprint density at radius 3 is 2.94 bits per heavy atom. The fraction of sp³-hybridized carbons (Fsp3) is 0.462. The zero-order chi connectivity index (χ0) is 13.1. The summed E-state index contributed by atoms with van der Waals surface area (Å²) in [6, 6.07) is 5.25. The van der Waals surface area contributed by atoms with E-state index in [0.717, 1.165) is 19.3 Å². The van der Waals surface area contributed by atoms with Crippen LogP contribution in [0.2, 0.25) is 5.02 Å². The van der Waals surface area contributed by atoms with Gasteiger partial charge in [0.25, 0.3) is 5.91 Å². The molecule has 5 heteroatoms. The molecule has 1 saturated carbocycles. The van der Waals surface area contributed by atoms with Gasteiger partial charge in [0.2, 0.25) is 0 Å². The van der Waals surface area contributed by atoms with E-state index in [4.69, 9.17) is 11.6 Å². The fourth-order valence-electron chi connectivity index (χ4n) is 2.25. The van der Waals surface area contributed by atoms with Crippen LogP contribution < -0.4 is 5.32 Å². The molecule has 0 radical (unpaired) electrons. The maximum absolute atomic E-state index is 12.0. The van der Waals surface area contributed by atoms with E-state index in [1.807, 2.05) is 0 Å². The van der Waals surface area contributed by atoms with Crippen molar-refractivity contribution in [2.45, 2.75) is 25.4 Å². The summed E-state index contributed by atoms with van der Waals surface area (Å²) >= 11 is 9.34. The molecule has 18 heavy (non-hydrogen) atoms. The zero-order valence-electron chi connectivity index (χ0n) is 9.83. The highest BCUT2D eigenvalue weighted by molar-refractivity contribution is 9.10. The smallest absolute Gasteiger partial charge is 0.252 e. The van der Waals surface area contributed by atoms with Crippen LogP contribution in [0.3, 0.4) is 0 Å². The summed E-state index contributed by atoms with van der Waals surface area (Å²) in [5.41, 5.74) is 0.457. The molecular weight excluding hydrogens is 318 g/mol. The molecule has 1 fully saturated rings.